The lowest BCUT2D eigenvalue weighted by molar-refractivity contribution is 0.0595. The second-order valence-corrected chi connectivity index (χ2v) is 11.5. The first-order valence-corrected chi connectivity index (χ1v) is 10.3. The van der Waals surface area contributed by atoms with E-state index in [0.717, 1.165) is 6.04 Å². The maximum atomic E-state index is 12.0. The fourth-order valence-corrected chi connectivity index (χ4v) is 2.37. The summed E-state index contributed by atoms with van der Waals surface area (Å²) in [4.78, 5) is 34.4. The van der Waals surface area contributed by atoms with Crippen molar-refractivity contribution in [2.24, 2.45) is 0 Å². The van der Waals surface area contributed by atoms with Crippen LogP contribution in [0.3, 0.4) is 0 Å². The number of methoxy groups -OCH3 is 1. The summed E-state index contributed by atoms with van der Waals surface area (Å²) >= 11 is 0. The van der Waals surface area contributed by atoms with Gasteiger partial charge in [-0.2, -0.15) is 0 Å². The third-order valence-electron chi connectivity index (χ3n) is 2.89. The summed E-state index contributed by atoms with van der Waals surface area (Å²) in [6.45, 7) is 7.23. The van der Waals surface area contributed by atoms with Gasteiger partial charge in [0.15, 0.2) is 6.29 Å². The zero-order valence-corrected chi connectivity index (χ0v) is 13.8. The van der Waals surface area contributed by atoms with Gasteiger partial charge in [0.25, 0.3) is 5.56 Å². The van der Waals surface area contributed by atoms with E-state index < -0.39 is 19.6 Å². The molecule has 0 spiro atoms. The summed E-state index contributed by atoms with van der Waals surface area (Å²) in [5.41, 5.74) is -0.426. The van der Waals surface area contributed by atoms with Crippen molar-refractivity contribution in [1.82, 2.24) is 4.57 Å². The van der Waals surface area contributed by atoms with Gasteiger partial charge in [0.1, 0.15) is 6.73 Å². The standard InChI is InChI=1S/C14H21NO5Si/c1-19-14(18)11-7-12(9-16)13(17)15(8-11)10-20-5-6-21(2,3)4/h7-9H,5-6,10H2,1-4H3. The lowest BCUT2D eigenvalue weighted by Crippen LogP contribution is -2.27. The van der Waals surface area contributed by atoms with E-state index in [4.69, 9.17) is 4.74 Å². The predicted molar refractivity (Wildman–Crippen MR) is 81.5 cm³/mol. The molecule has 0 atom stereocenters. The molecule has 1 heterocycles. The number of nitrogens with zero attached hydrogens (tertiary/aromatic N) is 1. The minimum Gasteiger partial charge on any atom is -0.465 e. The molecule has 116 valence electrons. The Morgan fingerprint density at radius 1 is 1.38 bits per heavy atom. The Bertz CT molecular complexity index is 574. The van der Waals surface area contributed by atoms with Gasteiger partial charge in [-0.3, -0.25) is 14.2 Å². The molecule has 0 aromatic carbocycles. The second-order valence-electron chi connectivity index (χ2n) is 5.92. The first-order valence-electron chi connectivity index (χ1n) is 6.64. The zero-order valence-electron chi connectivity index (χ0n) is 12.8. The Morgan fingerprint density at radius 3 is 2.57 bits per heavy atom. The molecule has 0 aliphatic carbocycles. The Morgan fingerprint density at radius 2 is 2.05 bits per heavy atom. The molecule has 0 fully saturated rings. The molecule has 6 nitrogen and oxygen atoms in total. The van der Waals surface area contributed by atoms with Crippen molar-refractivity contribution in [1.29, 1.82) is 0 Å². The molecule has 0 N–H and O–H groups in total. The van der Waals surface area contributed by atoms with E-state index in [1.807, 2.05) is 0 Å². The highest BCUT2D eigenvalue weighted by molar-refractivity contribution is 6.76. The molecule has 0 aliphatic heterocycles. The van der Waals surface area contributed by atoms with Crippen LogP contribution in [0.15, 0.2) is 17.1 Å². The van der Waals surface area contributed by atoms with Crippen molar-refractivity contribution in [2.45, 2.75) is 32.4 Å². The van der Waals surface area contributed by atoms with Gasteiger partial charge in [0, 0.05) is 20.9 Å². The van der Waals surface area contributed by atoms with Crippen molar-refractivity contribution in [3.8, 4) is 0 Å². The first kappa shape index (κ1) is 17.3. The van der Waals surface area contributed by atoms with Crippen LogP contribution < -0.4 is 5.56 Å². The average Bonchev–Trinajstić information content (AvgIpc) is 2.43. The highest BCUT2D eigenvalue weighted by Gasteiger charge is 2.14. The zero-order chi connectivity index (χ0) is 16.0. The minimum absolute atomic E-state index is 0.00892. The topological polar surface area (TPSA) is 74.6 Å². The van der Waals surface area contributed by atoms with Gasteiger partial charge in [0.2, 0.25) is 0 Å². The molecule has 0 aliphatic rings. The van der Waals surface area contributed by atoms with Crippen molar-refractivity contribution < 1.29 is 19.1 Å². The van der Waals surface area contributed by atoms with Crippen molar-refractivity contribution in [3.63, 3.8) is 0 Å². The summed E-state index contributed by atoms with van der Waals surface area (Å²) in [7, 11) is 0.0349. The molecule has 1 aromatic rings. The number of rotatable bonds is 7. The van der Waals surface area contributed by atoms with Gasteiger partial charge in [-0.15, -0.1) is 0 Å². The Hall–Kier alpha value is -1.73. The fourth-order valence-electron chi connectivity index (χ4n) is 1.61. The summed E-state index contributed by atoms with van der Waals surface area (Å²) in [6.07, 6.45) is 1.77. The predicted octanol–water partition coefficient (Wildman–Crippen LogP) is 1.76. The summed E-state index contributed by atoms with van der Waals surface area (Å²) in [6, 6.07) is 2.19. The summed E-state index contributed by atoms with van der Waals surface area (Å²) < 4.78 is 11.3. The fraction of sp³-hybridized carbons (Fsp3) is 0.500. The quantitative estimate of drug-likeness (QED) is 0.332. The van der Waals surface area contributed by atoms with Crippen LogP contribution in [0.25, 0.3) is 0 Å². The molecule has 21 heavy (non-hydrogen) atoms. The van der Waals surface area contributed by atoms with Crippen LogP contribution in [0.5, 0.6) is 0 Å². The van der Waals surface area contributed by atoms with Crippen LogP contribution in [-0.4, -0.2) is 38.6 Å². The smallest absolute Gasteiger partial charge is 0.339 e. The molecule has 1 aromatic heterocycles. The highest BCUT2D eigenvalue weighted by atomic mass is 28.3. The van der Waals surface area contributed by atoms with Crippen molar-refractivity contribution >= 4 is 20.3 Å². The third-order valence-corrected chi connectivity index (χ3v) is 4.59. The maximum Gasteiger partial charge on any atom is 0.339 e. The first-order chi connectivity index (χ1) is 9.78. The number of carbonyl (C=O) groups is 2. The van der Waals surface area contributed by atoms with Crippen LogP contribution in [0.1, 0.15) is 20.7 Å². The van der Waals surface area contributed by atoms with Crippen LogP contribution in [-0.2, 0) is 16.2 Å². The van der Waals surface area contributed by atoms with Gasteiger partial charge in [-0.05, 0) is 12.1 Å². The van der Waals surface area contributed by atoms with Gasteiger partial charge in [-0.1, -0.05) is 19.6 Å². The van der Waals surface area contributed by atoms with Gasteiger partial charge in [-0.25, -0.2) is 4.79 Å². The molecular formula is C14H21NO5Si. The van der Waals surface area contributed by atoms with E-state index in [9.17, 15) is 14.4 Å². The summed E-state index contributed by atoms with van der Waals surface area (Å²) in [5, 5.41) is 0. The monoisotopic (exact) mass is 311 g/mol. The lowest BCUT2D eigenvalue weighted by Gasteiger charge is -2.16. The van der Waals surface area contributed by atoms with Crippen LogP contribution in [0.2, 0.25) is 25.7 Å². The van der Waals surface area contributed by atoms with Gasteiger partial charge >= 0.3 is 5.97 Å². The number of hydrogen-bond donors (Lipinski definition) is 0. The molecule has 0 amide bonds. The number of aldehydes is 1. The van der Waals surface area contributed by atoms with Crippen LogP contribution >= 0.6 is 0 Å². The number of carbonyl (C=O) groups excluding carboxylic acids is 2. The van der Waals surface area contributed by atoms with E-state index >= 15 is 0 Å². The Balaban J connectivity index is 2.88. The van der Waals surface area contributed by atoms with E-state index in [1.165, 1.54) is 23.9 Å². The van der Waals surface area contributed by atoms with Gasteiger partial charge < -0.3 is 9.47 Å². The molecule has 0 saturated carbocycles. The second kappa shape index (κ2) is 7.33. The average molecular weight is 311 g/mol. The largest absolute Gasteiger partial charge is 0.465 e. The Labute approximate surface area is 124 Å². The summed E-state index contributed by atoms with van der Waals surface area (Å²) in [5.74, 6) is -0.603. The van der Waals surface area contributed by atoms with Crippen LogP contribution in [0, 0.1) is 0 Å². The molecule has 0 bridgehead atoms. The maximum absolute atomic E-state index is 12.0. The molecule has 7 heteroatoms. The number of ether oxygens (including phenoxy) is 2. The Kier molecular flexibility index (Phi) is 6.04. The van der Waals surface area contributed by atoms with Gasteiger partial charge in [0.05, 0.1) is 18.2 Å². The number of pyridine rings is 1. The van der Waals surface area contributed by atoms with Crippen molar-refractivity contribution in [2.75, 3.05) is 13.7 Å². The SMILES string of the molecule is COC(=O)c1cc(C=O)c(=O)n(COCC[Si](C)(C)C)c1. The van der Waals surface area contributed by atoms with E-state index in [-0.39, 0.29) is 17.9 Å². The molecule has 0 saturated heterocycles. The number of esters is 1. The normalized spacial score (nSPS) is 11.2. The minimum atomic E-state index is -1.20. The number of aromatic nitrogens is 1. The highest BCUT2D eigenvalue weighted by Crippen LogP contribution is 2.08. The molecular weight excluding hydrogens is 290 g/mol. The van der Waals surface area contributed by atoms with E-state index in [0.29, 0.717) is 12.9 Å². The van der Waals surface area contributed by atoms with Crippen LogP contribution in [0.4, 0.5) is 0 Å². The third kappa shape index (κ3) is 5.28. The number of hydrogen-bond acceptors (Lipinski definition) is 5. The molecule has 0 unspecified atom stereocenters. The van der Waals surface area contributed by atoms with Crippen molar-refractivity contribution in [3.05, 3.63) is 33.7 Å². The molecule has 1 rings (SSSR count). The van der Waals surface area contributed by atoms with E-state index in [1.54, 1.807) is 0 Å². The van der Waals surface area contributed by atoms with E-state index in [2.05, 4.69) is 24.4 Å². The lowest BCUT2D eigenvalue weighted by atomic mass is 10.2. The molecule has 0 radical (unpaired) electrons.